The molecule has 0 aromatic carbocycles. The maximum absolute atomic E-state index is 11.8. The summed E-state index contributed by atoms with van der Waals surface area (Å²) in [7, 11) is 1.78. The van der Waals surface area contributed by atoms with Gasteiger partial charge in [0.25, 0.3) is 0 Å². The molecule has 1 aliphatic rings. The number of carboxylic acid groups (broad SMARTS) is 1. The number of hydrogen-bond donors (Lipinski definition) is 2. The van der Waals surface area contributed by atoms with Crippen LogP contribution in [0.2, 0.25) is 0 Å². The van der Waals surface area contributed by atoms with Gasteiger partial charge in [-0.2, -0.15) is 5.10 Å². The highest BCUT2D eigenvalue weighted by Crippen LogP contribution is 2.39. The Balaban J connectivity index is 2.00. The number of carbonyl (C=O) groups excluding carboxylic acids is 1. The van der Waals surface area contributed by atoms with E-state index in [4.69, 9.17) is 0 Å². The van der Waals surface area contributed by atoms with Crippen LogP contribution in [0.3, 0.4) is 0 Å². The number of carboxylic acids is 1. The minimum absolute atomic E-state index is 0.0285. The molecule has 0 saturated heterocycles. The number of aryl methyl sites for hydroxylation is 1. The number of hydrogen-bond acceptors (Lipinski definition) is 3. The molecular weight excluding hydrogens is 246 g/mol. The summed E-state index contributed by atoms with van der Waals surface area (Å²) in [5.74, 6) is -1.36. The number of aliphatic carboxylic acids is 1. The van der Waals surface area contributed by atoms with E-state index in [1.54, 1.807) is 37.1 Å². The predicted octanol–water partition coefficient (Wildman–Crippen LogP) is 0.803. The van der Waals surface area contributed by atoms with Crippen LogP contribution in [0, 0.1) is 5.92 Å². The van der Waals surface area contributed by atoms with Crippen LogP contribution in [0.25, 0.3) is 6.08 Å². The van der Waals surface area contributed by atoms with E-state index in [1.165, 1.54) is 6.08 Å². The van der Waals surface area contributed by atoms with Gasteiger partial charge in [-0.25, -0.2) is 4.79 Å². The molecule has 102 valence electrons. The number of nitrogens with one attached hydrogen (secondary N) is 1. The van der Waals surface area contributed by atoms with Crippen molar-refractivity contribution in [1.29, 1.82) is 0 Å². The molecule has 1 unspecified atom stereocenters. The molecule has 0 aliphatic heterocycles. The highest BCUT2D eigenvalue weighted by Gasteiger charge is 2.48. The van der Waals surface area contributed by atoms with Crippen LogP contribution in [0.15, 0.2) is 18.5 Å². The molecular formula is C13H17N3O3. The number of amides is 1. The summed E-state index contributed by atoms with van der Waals surface area (Å²) >= 11 is 0. The van der Waals surface area contributed by atoms with Crippen molar-refractivity contribution in [3.63, 3.8) is 0 Å². The minimum atomic E-state index is -1.17. The van der Waals surface area contributed by atoms with Crippen molar-refractivity contribution >= 4 is 18.0 Å². The van der Waals surface area contributed by atoms with Crippen LogP contribution in [0.5, 0.6) is 0 Å². The fourth-order valence-corrected chi connectivity index (χ4v) is 1.99. The van der Waals surface area contributed by atoms with Crippen molar-refractivity contribution in [3.8, 4) is 0 Å². The summed E-state index contributed by atoms with van der Waals surface area (Å²) < 4.78 is 1.63. The summed E-state index contributed by atoms with van der Waals surface area (Å²) in [6.45, 7) is 1.56. The fraction of sp³-hybridized carbons (Fsp3) is 0.462. The van der Waals surface area contributed by atoms with Crippen LogP contribution >= 0.6 is 0 Å². The molecule has 1 saturated carbocycles. The molecule has 1 aromatic heterocycles. The Bertz CT molecular complexity index is 531. The second kappa shape index (κ2) is 4.87. The second-order valence-electron chi connectivity index (χ2n) is 5.05. The van der Waals surface area contributed by atoms with Gasteiger partial charge in [0, 0.05) is 24.9 Å². The van der Waals surface area contributed by atoms with Gasteiger partial charge in [-0.1, -0.05) is 0 Å². The molecule has 1 aliphatic carbocycles. The standard InChI is InChI=1S/C13H17N3O3/c1-13(12(18)19,10-4-5-10)15-11(17)6-3-9-7-14-16(2)8-9/h3,6-8,10H,4-5H2,1-2H3,(H,15,17)(H,18,19)/b6-3+. The topological polar surface area (TPSA) is 84.2 Å². The zero-order valence-corrected chi connectivity index (χ0v) is 11.0. The molecule has 0 spiro atoms. The van der Waals surface area contributed by atoms with Gasteiger partial charge in [0.05, 0.1) is 6.20 Å². The van der Waals surface area contributed by atoms with E-state index in [9.17, 15) is 14.7 Å². The molecule has 0 bridgehead atoms. The molecule has 0 radical (unpaired) electrons. The molecule has 1 fully saturated rings. The van der Waals surface area contributed by atoms with Crippen LogP contribution in [-0.4, -0.2) is 32.3 Å². The van der Waals surface area contributed by atoms with Crippen molar-refractivity contribution in [3.05, 3.63) is 24.0 Å². The van der Waals surface area contributed by atoms with E-state index in [-0.39, 0.29) is 5.92 Å². The predicted molar refractivity (Wildman–Crippen MR) is 69.1 cm³/mol. The smallest absolute Gasteiger partial charge is 0.329 e. The van der Waals surface area contributed by atoms with Crippen molar-refractivity contribution in [2.45, 2.75) is 25.3 Å². The van der Waals surface area contributed by atoms with Crippen molar-refractivity contribution in [2.24, 2.45) is 13.0 Å². The molecule has 2 rings (SSSR count). The number of rotatable bonds is 5. The van der Waals surface area contributed by atoms with E-state index >= 15 is 0 Å². The summed E-state index contributed by atoms with van der Waals surface area (Å²) in [6, 6.07) is 0. The summed E-state index contributed by atoms with van der Waals surface area (Å²) in [6.07, 6.45) is 8.02. The summed E-state index contributed by atoms with van der Waals surface area (Å²) in [4.78, 5) is 23.1. The Labute approximate surface area is 111 Å². The fourth-order valence-electron chi connectivity index (χ4n) is 1.99. The van der Waals surface area contributed by atoms with Crippen LogP contribution < -0.4 is 5.32 Å². The highest BCUT2D eigenvalue weighted by molar-refractivity contribution is 5.95. The molecule has 1 atom stereocenters. The largest absolute Gasteiger partial charge is 0.480 e. The minimum Gasteiger partial charge on any atom is -0.480 e. The van der Waals surface area contributed by atoms with E-state index in [1.807, 2.05) is 0 Å². The Morgan fingerprint density at radius 2 is 2.26 bits per heavy atom. The Morgan fingerprint density at radius 3 is 2.74 bits per heavy atom. The van der Waals surface area contributed by atoms with E-state index < -0.39 is 17.4 Å². The Hall–Kier alpha value is -2.11. The SMILES string of the molecule is Cn1cc(/C=C/C(=O)NC(C)(C(=O)O)C2CC2)cn1. The third kappa shape index (κ3) is 3.01. The van der Waals surface area contributed by atoms with Gasteiger partial charge in [-0.3, -0.25) is 9.48 Å². The van der Waals surface area contributed by atoms with Crippen molar-refractivity contribution < 1.29 is 14.7 Å². The lowest BCUT2D eigenvalue weighted by atomic mass is 9.96. The number of aromatic nitrogens is 2. The van der Waals surface area contributed by atoms with E-state index in [0.717, 1.165) is 18.4 Å². The van der Waals surface area contributed by atoms with E-state index in [2.05, 4.69) is 10.4 Å². The van der Waals surface area contributed by atoms with Crippen LogP contribution in [-0.2, 0) is 16.6 Å². The first-order chi connectivity index (χ1) is 8.91. The average Bonchev–Trinajstić information content (AvgIpc) is 3.11. The van der Waals surface area contributed by atoms with E-state index in [0.29, 0.717) is 0 Å². The van der Waals surface area contributed by atoms with Crippen molar-refractivity contribution in [2.75, 3.05) is 0 Å². The number of nitrogens with zero attached hydrogens (tertiary/aromatic N) is 2. The summed E-state index contributed by atoms with van der Waals surface area (Å²) in [5, 5.41) is 15.8. The zero-order valence-electron chi connectivity index (χ0n) is 11.0. The van der Waals surface area contributed by atoms with Crippen LogP contribution in [0.1, 0.15) is 25.3 Å². The lowest BCUT2D eigenvalue weighted by molar-refractivity contribution is -0.147. The second-order valence-corrected chi connectivity index (χ2v) is 5.05. The normalized spacial score (nSPS) is 18.2. The van der Waals surface area contributed by atoms with Gasteiger partial charge in [-0.05, 0) is 31.8 Å². The number of carbonyl (C=O) groups is 2. The average molecular weight is 263 g/mol. The molecule has 19 heavy (non-hydrogen) atoms. The highest BCUT2D eigenvalue weighted by atomic mass is 16.4. The molecule has 1 aromatic rings. The first-order valence-corrected chi connectivity index (χ1v) is 6.14. The van der Waals surface area contributed by atoms with Gasteiger partial charge in [-0.15, -0.1) is 0 Å². The van der Waals surface area contributed by atoms with Gasteiger partial charge in [0.1, 0.15) is 5.54 Å². The first kappa shape index (κ1) is 13.3. The Morgan fingerprint density at radius 1 is 1.58 bits per heavy atom. The Kier molecular flexibility index (Phi) is 3.42. The van der Waals surface area contributed by atoms with Crippen molar-refractivity contribution in [1.82, 2.24) is 15.1 Å². The van der Waals surface area contributed by atoms with Crippen LogP contribution in [0.4, 0.5) is 0 Å². The van der Waals surface area contributed by atoms with Gasteiger partial charge in [0.15, 0.2) is 0 Å². The lowest BCUT2D eigenvalue weighted by Crippen LogP contribution is -2.53. The first-order valence-electron chi connectivity index (χ1n) is 6.14. The van der Waals surface area contributed by atoms with Gasteiger partial charge in [0.2, 0.25) is 5.91 Å². The van der Waals surface area contributed by atoms with Gasteiger partial charge < -0.3 is 10.4 Å². The lowest BCUT2D eigenvalue weighted by Gasteiger charge is -2.25. The quantitative estimate of drug-likeness (QED) is 0.770. The molecule has 6 nitrogen and oxygen atoms in total. The third-order valence-corrected chi connectivity index (χ3v) is 3.37. The molecule has 2 N–H and O–H groups in total. The maximum Gasteiger partial charge on any atom is 0.329 e. The van der Waals surface area contributed by atoms with Gasteiger partial charge >= 0.3 is 5.97 Å². The summed E-state index contributed by atoms with van der Waals surface area (Å²) in [5.41, 5.74) is -0.378. The third-order valence-electron chi connectivity index (χ3n) is 3.37. The monoisotopic (exact) mass is 263 g/mol. The molecule has 1 amide bonds. The maximum atomic E-state index is 11.8. The zero-order chi connectivity index (χ0) is 14.0. The molecule has 6 heteroatoms. The molecule has 1 heterocycles.